The van der Waals surface area contributed by atoms with Gasteiger partial charge >= 0.3 is 0 Å². The number of carbonyl (C=O) groups is 3. The molecule has 0 aromatic heterocycles. The summed E-state index contributed by atoms with van der Waals surface area (Å²) in [6.07, 6.45) is 1.87. The van der Waals surface area contributed by atoms with Crippen molar-refractivity contribution in [1.29, 1.82) is 0 Å². The fraction of sp³-hybridized carbons (Fsp3) is 0.286. The molecule has 1 aliphatic carbocycles. The van der Waals surface area contributed by atoms with Crippen molar-refractivity contribution in [1.82, 2.24) is 16.2 Å². The lowest BCUT2D eigenvalue weighted by Crippen LogP contribution is -2.47. The molecule has 4 N–H and O–H groups in total. The molecule has 0 atom stereocenters. The number of carbonyl (C=O) groups excluding carboxylic acids is 3. The van der Waals surface area contributed by atoms with E-state index in [1.165, 1.54) is 6.92 Å². The Morgan fingerprint density at radius 3 is 2.27 bits per heavy atom. The third-order valence-electron chi connectivity index (χ3n) is 2.94. The van der Waals surface area contributed by atoms with Crippen LogP contribution in [0.2, 0.25) is 0 Å². The molecule has 2 rings (SSSR count). The van der Waals surface area contributed by atoms with Crippen molar-refractivity contribution < 1.29 is 14.4 Å². The van der Waals surface area contributed by atoms with Crippen molar-refractivity contribution >= 4 is 40.7 Å². The Morgan fingerprint density at radius 2 is 1.73 bits per heavy atom. The molecule has 0 saturated heterocycles. The van der Waals surface area contributed by atoms with Crippen molar-refractivity contribution in [2.75, 3.05) is 5.32 Å². The number of rotatable bonds is 3. The van der Waals surface area contributed by atoms with E-state index in [9.17, 15) is 14.4 Å². The molecule has 0 bridgehead atoms. The van der Waals surface area contributed by atoms with Gasteiger partial charge in [0.15, 0.2) is 5.11 Å². The number of hydrazine groups is 1. The van der Waals surface area contributed by atoms with Gasteiger partial charge in [0.1, 0.15) is 0 Å². The van der Waals surface area contributed by atoms with Gasteiger partial charge in [-0.15, -0.1) is 0 Å². The second kappa shape index (κ2) is 6.99. The Bertz CT molecular complexity index is 611. The summed E-state index contributed by atoms with van der Waals surface area (Å²) in [5, 5.41) is 5.11. The van der Waals surface area contributed by atoms with Crippen LogP contribution < -0.4 is 21.5 Å². The first kappa shape index (κ1) is 15.9. The van der Waals surface area contributed by atoms with Crippen molar-refractivity contribution in [2.24, 2.45) is 5.92 Å². The second-order valence-corrected chi connectivity index (χ2v) is 5.34. The first-order valence-corrected chi connectivity index (χ1v) is 7.15. The van der Waals surface area contributed by atoms with Gasteiger partial charge in [-0.3, -0.25) is 25.2 Å². The maximum absolute atomic E-state index is 11.9. The molecular formula is C14H16N4O3S. The predicted molar refractivity (Wildman–Crippen MR) is 84.8 cm³/mol. The summed E-state index contributed by atoms with van der Waals surface area (Å²) in [4.78, 5) is 34.2. The fourth-order valence-electron chi connectivity index (χ4n) is 1.67. The van der Waals surface area contributed by atoms with Gasteiger partial charge in [-0.05, 0) is 49.3 Å². The number of benzene rings is 1. The highest BCUT2D eigenvalue weighted by molar-refractivity contribution is 7.80. The second-order valence-electron chi connectivity index (χ2n) is 4.93. The zero-order valence-electron chi connectivity index (χ0n) is 11.9. The van der Waals surface area contributed by atoms with Gasteiger partial charge in [0, 0.05) is 24.1 Å². The zero-order chi connectivity index (χ0) is 16.1. The summed E-state index contributed by atoms with van der Waals surface area (Å²) in [7, 11) is 0. The molecule has 1 aromatic rings. The topological polar surface area (TPSA) is 99.3 Å². The highest BCUT2D eigenvalue weighted by Crippen LogP contribution is 2.30. The molecule has 0 aliphatic heterocycles. The zero-order valence-corrected chi connectivity index (χ0v) is 12.8. The van der Waals surface area contributed by atoms with Crippen molar-refractivity contribution in [2.45, 2.75) is 19.8 Å². The molecule has 3 amide bonds. The van der Waals surface area contributed by atoms with Gasteiger partial charge in [0.2, 0.25) is 11.8 Å². The lowest BCUT2D eigenvalue weighted by atomic mass is 10.2. The minimum absolute atomic E-state index is 0.00849. The minimum Gasteiger partial charge on any atom is -0.326 e. The van der Waals surface area contributed by atoms with Crippen LogP contribution in [0.25, 0.3) is 0 Å². The van der Waals surface area contributed by atoms with Gasteiger partial charge in [0.05, 0.1) is 0 Å². The molecular weight excluding hydrogens is 304 g/mol. The van der Waals surface area contributed by atoms with Crippen LogP contribution in [-0.4, -0.2) is 22.8 Å². The summed E-state index contributed by atoms with van der Waals surface area (Å²) in [5.41, 5.74) is 5.81. The Kier molecular flexibility index (Phi) is 5.05. The minimum atomic E-state index is -0.409. The lowest BCUT2D eigenvalue weighted by molar-refractivity contribution is -0.118. The van der Waals surface area contributed by atoms with E-state index in [4.69, 9.17) is 12.2 Å². The summed E-state index contributed by atoms with van der Waals surface area (Å²) in [5.74, 6) is -0.600. The Morgan fingerprint density at radius 1 is 1.09 bits per heavy atom. The quantitative estimate of drug-likeness (QED) is 0.485. The SMILES string of the molecule is CC(=O)NC(=S)NNC(=O)c1ccc(NC(=O)C2CC2)cc1. The monoisotopic (exact) mass is 320 g/mol. The largest absolute Gasteiger partial charge is 0.326 e. The van der Waals surface area contributed by atoms with E-state index in [0.29, 0.717) is 11.3 Å². The number of hydrogen-bond donors (Lipinski definition) is 4. The van der Waals surface area contributed by atoms with Gasteiger partial charge in [0.25, 0.3) is 5.91 Å². The van der Waals surface area contributed by atoms with Crippen LogP contribution in [0.4, 0.5) is 5.69 Å². The number of hydrogen-bond acceptors (Lipinski definition) is 4. The first-order valence-electron chi connectivity index (χ1n) is 6.74. The van der Waals surface area contributed by atoms with E-state index >= 15 is 0 Å². The Labute approximate surface area is 132 Å². The number of anilines is 1. The van der Waals surface area contributed by atoms with Gasteiger partial charge in [-0.1, -0.05) is 0 Å². The number of amides is 3. The number of nitrogens with one attached hydrogen (secondary N) is 4. The smallest absolute Gasteiger partial charge is 0.269 e. The maximum atomic E-state index is 11.9. The third-order valence-corrected chi connectivity index (χ3v) is 3.15. The molecule has 0 spiro atoms. The maximum Gasteiger partial charge on any atom is 0.269 e. The Balaban J connectivity index is 1.83. The van der Waals surface area contributed by atoms with Crippen LogP contribution in [0.15, 0.2) is 24.3 Å². The molecule has 1 saturated carbocycles. The van der Waals surface area contributed by atoms with Gasteiger partial charge in [-0.25, -0.2) is 0 Å². The molecule has 0 radical (unpaired) electrons. The van der Waals surface area contributed by atoms with Crippen LogP contribution >= 0.6 is 12.2 Å². The Hall–Kier alpha value is -2.48. The highest BCUT2D eigenvalue weighted by atomic mass is 32.1. The molecule has 1 aliphatic rings. The van der Waals surface area contributed by atoms with E-state index in [2.05, 4.69) is 21.5 Å². The van der Waals surface area contributed by atoms with E-state index in [-0.39, 0.29) is 22.8 Å². The number of thiocarbonyl (C=S) groups is 1. The average molecular weight is 320 g/mol. The van der Waals surface area contributed by atoms with Gasteiger partial charge < -0.3 is 10.6 Å². The fourth-order valence-corrected chi connectivity index (χ4v) is 1.87. The summed E-state index contributed by atoms with van der Waals surface area (Å²) < 4.78 is 0. The van der Waals surface area contributed by atoms with Gasteiger partial charge in [-0.2, -0.15) is 0 Å². The first-order chi connectivity index (χ1) is 10.5. The highest BCUT2D eigenvalue weighted by Gasteiger charge is 2.29. The normalized spacial score (nSPS) is 13.0. The molecule has 22 heavy (non-hydrogen) atoms. The van der Waals surface area contributed by atoms with E-state index in [1.54, 1.807) is 24.3 Å². The molecule has 1 aromatic carbocycles. The van der Waals surface area contributed by atoms with Crippen LogP contribution in [0.1, 0.15) is 30.1 Å². The molecule has 0 heterocycles. The summed E-state index contributed by atoms with van der Waals surface area (Å²) >= 11 is 4.79. The lowest BCUT2D eigenvalue weighted by Gasteiger charge is -2.10. The molecule has 0 unspecified atom stereocenters. The van der Waals surface area contributed by atoms with Crippen LogP contribution in [0.3, 0.4) is 0 Å². The van der Waals surface area contributed by atoms with E-state index < -0.39 is 5.91 Å². The molecule has 1 fully saturated rings. The predicted octanol–water partition coefficient (Wildman–Crippen LogP) is 0.690. The third kappa shape index (κ3) is 4.81. The summed E-state index contributed by atoms with van der Waals surface area (Å²) in [6, 6.07) is 6.48. The average Bonchev–Trinajstić information content (AvgIpc) is 3.29. The van der Waals surface area contributed by atoms with Crippen molar-refractivity contribution in [3.05, 3.63) is 29.8 Å². The molecule has 8 heteroatoms. The molecule has 116 valence electrons. The van der Waals surface area contributed by atoms with Crippen molar-refractivity contribution in [3.63, 3.8) is 0 Å². The summed E-state index contributed by atoms with van der Waals surface area (Å²) in [6.45, 7) is 1.31. The molecule has 7 nitrogen and oxygen atoms in total. The van der Waals surface area contributed by atoms with Crippen LogP contribution in [0, 0.1) is 5.92 Å². The van der Waals surface area contributed by atoms with Crippen LogP contribution in [-0.2, 0) is 9.59 Å². The van der Waals surface area contributed by atoms with E-state index in [0.717, 1.165) is 12.8 Å². The standard InChI is InChI=1S/C14H16N4O3S/c1-8(19)15-14(22)18-17-13(21)10-4-6-11(7-5-10)16-12(20)9-2-3-9/h4-7,9H,2-3H2,1H3,(H,16,20)(H,17,21)(H2,15,18,19,22). The van der Waals surface area contributed by atoms with E-state index in [1.807, 2.05) is 0 Å². The van der Waals surface area contributed by atoms with Crippen LogP contribution in [0.5, 0.6) is 0 Å². The van der Waals surface area contributed by atoms with Crippen molar-refractivity contribution in [3.8, 4) is 0 Å².